The number of anilines is 1. The van der Waals surface area contributed by atoms with E-state index in [0.717, 1.165) is 29.5 Å². The number of non-ortho nitro benzene ring substituents is 1. The maximum absolute atomic E-state index is 14.4. The first-order valence-electron chi connectivity index (χ1n) is 10.7. The second-order valence-corrected chi connectivity index (χ2v) is 8.92. The number of rotatable bonds is 9. The van der Waals surface area contributed by atoms with Crippen molar-refractivity contribution in [2.24, 2.45) is 0 Å². The van der Waals surface area contributed by atoms with Crippen LogP contribution in [-0.4, -0.2) is 47.7 Å². The fraction of sp³-hybridized carbons (Fsp3) is 0.250. The summed E-state index contributed by atoms with van der Waals surface area (Å²) in [6, 6.07) is 8.75. The van der Waals surface area contributed by atoms with E-state index < -0.39 is 40.7 Å². The van der Waals surface area contributed by atoms with E-state index in [2.05, 4.69) is 0 Å². The molecule has 1 aromatic heterocycles. The Balaban J connectivity index is 2.27. The molecule has 3 aromatic rings. The number of esters is 1. The normalized spacial score (nSPS) is 10.9. The van der Waals surface area contributed by atoms with Crippen molar-refractivity contribution < 1.29 is 33.1 Å². The average molecular weight is 520 g/mol. The zero-order chi connectivity index (χ0) is 26.6. The lowest BCUT2D eigenvalue weighted by molar-refractivity contribution is -0.384. The number of carbonyl (C=O) groups excluding carboxylic acids is 1. The van der Waals surface area contributed by atoms with Crippen LogP contribution in [0.3, 0.4) is 0 Å². The minimum absolute atomic E-state index is 0.0113. The van der Waals surface area contributed by atoms with Gasteiger partial charge in [0.05, 0.1) is 23.6 Å². The molecule has 0 unspecified atom stereocenters. The van der Waals surface area contributed by atoms with Gasteiger partial charge in [0.1, 0.15) is 16.6 Å². The lowest BCUT2D eigenvalue weighted by Crippen LogP contribution is -2.30. The number of nitro benzene ring substituents is 1. The largest absolute Gasteiger partial charge is 0.465 e. The Labute approximate surface area is 209 Å². The number of hydrogen-bond donors (Lipinski definition) is 1. The van der Waals surface area contributed by atoms with Crippen LogP contribution >= 0.6 is 11.3 Å². The molecule has 0 saturated carbocycles. The van der Waals surface area contributed by atoms with Crippen molar-refractivity contribution in [1.29, 1.82) is 0 Å². The Morgan fingerprint density at radius 3 is 2.17 bits per heavy atom. The lowest BCUT2D eigenvalue weighted by atomic mass is 10.0. The zero-order valence-corrected chi connectivity index (χ0v) is 20.5. The van der Waals surface area contributed by atoms with E-state index in [-0.39, 0.29) is 29.4 Å². The summed E-state index contributed by atoms with van der Waals surface area (Å²) in [6.45, 7) is 1.11. The number of benzene rings is 2. The minimum atomic E-state index is -1.53. The first kappa shape index (κ1) is 26.7. The highest BCUT2D eigenvalue weighted by Crippen LogP contribution is 2.44. The molecule has 0 bridgehead atoms. The van der Waals surface area contributed by atoms with Crippen LogP contribution in [0, 0.1) is 21.7 Å². The molecule has 0 fully saturated rings. The molecular weight excluding hydrogens is 496 g/mol. The molecule has 12 heteroatoms. The Kier molecular flexibility index (Phi) is 8.33. The number of nitrogens with zero attached hydrogens (tertiary/aromatic N) is 3. The smallest absolute Gasteiger partial charge is 0.412 e. The fourth-order valence-electron chi connectivity index (χ4n) is 3.56. The molecule has 1 heterocycles. The van der Waals surface area contributed by atoms with Gasteiger partial charge in [-0.1, -0.05) is 6.07 Å². The van der Waals surface area contributed by atoms with Crippen molar-refractivity contribution in [2.45, 2.75) is 20.0 Å². The van der Waals surface area contributed by atoms with Gasteiger partial charge in [-0.05, 0) is 50.8 Å². The highest BCUT2D eigenvalue weighted by molar-refractivity contribution is 7.20. The number of ether oxygens (including phenoxy) is 1. The van der Waals surface area contributed by atoms with Crippen LogP contribution in [0.15, 0.2) is 42.5 Å². The highest BCUT2D eigenvalue weighted by atomic mass is 32.1. The second kappa shape index (κ2) is 11.2. The predicted molar refractivity (Wildman–Crippen MR) is 130 cm³/mol. The standard InChI is InChI=1S/C24H23F2N3O6S/c1-4-35-23(30)20-17(12-27(2)3)21(14-8-10-15(11-9-14)29(33)34)36-22(20)28(24(31)32)13-16-18(25)6-5-7-19(16)26/h5-11H,4,12-13H2,1-3H3,(H,31,32). The molecule has 2 aromatic carbocycles. The van der Waals surface area contributed by atoms with Crippen molar-refractivity contribution in [3.8, 4) is 10.4 Å². The number of nitro groups is 1. The molecule has 0 saturated heterocycles. The van der Waals surface area contributed by atoms with Gasteiger partial charge in [0.2, 0.25) is 0 Å². The van der Waals surface area contributed by atoms with Crippen LogP contribution < -0.4 is 4.90 Å². The quantitative estimate of drug-likeness (QED) is 0.225. The van der Waals surface area contributed by atoms with Crippen LogP contribution in [-0.2, 0) is 17.8 Å². The fourth-order valence-corrected chi connectivity index (χ4v) is 4.86. The summed E-state index contributed by atoms with van der Waals surface area (Å²) >= 11 is 0.920. The van der Waals surface area contributed by atoms with Gasteiger partial charge < -0.3 is 14.7 Å². The van der Waals surface area contributed by atoms with Gasteiger partial charge in [-0.3, -0.25) is 15.0 Å². The Bertz CT molecular complexity index is 1270. The molecule has 9 nitrogen and oxygen atoms in total. The molecule has 0 atom stereocenters. The van der Waals surface area contributed by atoms with E-state index >= 15 is 0 Å². The average Bonchev–Trinajstić information content (AvgIpc) is 3.16. The number of carboxylic acid groups (broad SMARTS) is 1. The van der Waals surface area contributed by atoms with Crippen LogP contribution in [0.25, 0.3) is 10.4 Å². The topological polar surface area (TPSA) is 113 Å². The van der Waals surface area contributed by atoms with E-state index in [4.69, 9.17) is 4.74 Å². The molecule has 0 aliphatic carbocycles. The van der Waals surface area contributed by atoms with Crippen molar-refractivity contribution >= 4 is 34.1 Å². The first-order valence-corrected chi connectivity index (χ1v) is 11.5. The summed E-state index contributed by atoms with van der Waals surface area (Å²) in [5.41, 5.74) is 0.254. The summed E-state index contributed by atoms with van der Waals surface area (Å²) in [4.78, 5) is 38.8. The molecule has 36 heavy (non-hydrogen) atoms. The van der Waals surface area contributed by atoms with Crippen LogP contribution in [0.1, 0.15) is 28.4 Å². The third-order valence-corrected chi connectivity index (χ3v) is 6.44. The van der Waals surface area contributed by atoms with Gasteiger partial charge in [-0.25, -0.2) is 18.4 Å². The Morgan fingerprint density at radius 1 is 1.06 bits per heavy atom. The summed E-state index contributed by atoms with van der Waals surface area (Å²) in [7, 11) is 3.49. The summed E-state index contributed by atoms with van der Waals surface area (Å²) in [5.74, 6) is -2.66. The van der Waals surface area contributed by atoms with Crippen molar-refractivity contribution in [2.75, 3.05) is 25.6 Å². The molecule has 3 rings (SSSR count). The highest BCUT2D eigenvalue weighted by Gasteiger charge is 2.32. The van der Waals surface area contributed by atoms with Crippen LogP contribution in [0.5, 0.6) is 0 Å². The minimum Gasteiger partial charge on any atom is -0.465 e. The number of thiophene rings is 1. The molecule has 0 aliphatic heterocycles. The molecule has 0 aliphatic rings. The lowest BCUT2D eigenvalue weighted by Gasteiger charge is -2.20. The van der Waals surface area contributed by atoms with E-state index in [1.807, 2.05) is 0 Å². The summed E-state index contributed by atoms with van der Waals surface area (Å²) in [5, 5.41) is 21.0. The number of carbonyl (C=O) groups is 2. The van der Waals surface area contributed by atoms with Gasteiger partial charge in [0.25, 0.3) is 5.69 Å². The van der Waals surface area contributed by atoms with E-state index in [1.165, 1.54) is 24.3 Å². The maximum atomic E-state index is 14.4. The van der Waals surface area contributed by atoms with Gasteiger partial charge in [0.15, 0.2) is 0 Å². The molecule has 1 amide bonds. The van der Waals surface area contributed by atoms with Crippen LogP contribution in [0.4, 0.5) is 24.3 Å². The van der Waals surface area contributed by atoms with E-state index in [9.17, 15) is 33.6 Å². The number of amides is 1. The zero-order valence-electron chi connectivity index (χ0n) is 19.7. The Morgan fingerprint density at radius 2 is 1.67 bits per heavy atom. The van der Waals surface area contributed by atoms with Gasteiger partial charge in [0, 0.05) is 34.7 Å². The molecule has 190 valence electrons. The van der Waals surface area contributed by atoms with E-state index in [1.54, 1.807) is 25.9 Å². The van der Waals surface area contributed by atoms with Gasteiger partial charge in [-0.15, -0.1) is 11.3 Å². The van der Waals surface area contributed by atoms with Crippen molar-refractivity contribution in [3.05, 3.63) is 80.9 Å². The Hall–Kier alpha value is -3.90. The molecule has 1 N–H and O–H groups in total. The summed E-state index contributed by atoms with van der Waals surface area (Å²) in [6.07, 6.45) is -1.53. The predicted octanol–water partition coefficient (Wildman–Crippen LogP) is 5.52. The summed E-state index contributed by atoms with van der Waals surface area (Å²) < 4.78 is 34.0. The second-order valence-electron chi connectivity index (χ2n) is 7.92. The molecule has 0 spiro atoms. The van der Waals surface area contributed by atoms with E-state index in [0.29, 0.717) is 20.9 Å². The third-order valence-electron chi connectivity index (χ3n) is 5.14. The third kappa shape index (κ3) is 5.66. The first-order chi connectivity index (χ1) is 17.0. The van der Waals surface area contributed by atoms with Gasteiger partial charge in [-0.2, -0.15) is 0 Å². The number of halogens is 2. The van der Waals surface area contributed by atoms with Crippen molar-refractivity contribution in [3.63, 3.8) is 0 Å². The van der Waals surface area contributed by atoms with Gasteiger partial charge >= 0.3 is 12.1 Å². The molecular formula is C24H23F2N3O6S. The van der Waals surface area contributed by atoms with Crippen LogP contribution in [0.2, 0.25) is 0 Å². The van der Waals surface area contributed by atoms with Crippen molar-refractivity contribution in [1.82, 2.24) is 4.90 Å². The SMILES string of the molecule is CCOC(=O)c1c(N(Cc2c(F)cccc2F)C(=O)O)sc(-c2ccc([N+](=O)[O-])cc2)c1CN(C)C. The monoisotopic (exact) mass is 519 g/mol. The maximum Gasteiger partial charge on any atom is 0.412 e. The number of hydrogen-bond acceptors (Lipinski definition) is 7. The molecule has 0 radical (unpaired) electrons.